The van der Waals surface area contributed by atoms with Gasteiger partial charge in [-0.05, 0) is 14.1 Å². The fraction of sp³-hybridized carbons (Fsp3) is 1.00. The highest BCUT2D eigenvalue weighted by molar-refractivity contribution is 4.77. The van der Waals surface area contributed by atoms with Gasteiger partial charge in [0.1, 0.15) is 6.61 Å². The Balaban J connectivity index is 2.41. The van der Waals surface area contributed by atoms with Gasteiger partial charge in [0.25, 0.3) is 5.91 Å². The van der Waals surface area contributed by atoms with Crippen LogP contribution in [-0.4, -0.2) is 38.6 Å². The van der Waals surface area contributed by atoms with Crippen molar-refractivity contribution in [1.29, 1.82) is 0 Å². The van der Waals surface area contributed by atoms with Crippen LogP contribution in [0.25, 0.3) is 0 Å². The molecule has 1 atom stereocenters. The van der Waals surface area contributed by atoms with E-state index in [0.717, 1.165) is 0 Å². The molecule has 1 heterocycles. The molecule has 48 valence electrons. The molecule has 0 radical (unpaired) electrons. The topological polar surface area (TPSA) is 25.0 Å². The smallest absolute Gasteiger partial charge is 0.254 e. The zero-order valence-electron chi connectivity index (χ0n) is 5.47. The molecule has 3 heteroatoms. The van der Waals surface area contributed by atoms with Crippen LogP contribution >= 0.6 is 0 Å². The number of rotatable bonds is 2. The predicted molar refractivity (Wildman–Crippen MR) is 29.4 cm³/mol. The van der Waals surface area contributed by atoms with Crippen molar-refractivity contribution in [2.45, 2.75) is 5.91 Å². The van der Waals surface area contributed by atoms with Gasteiger partial charge in [0.2, 0.25) is 0 Å². The van der Waals surface area contributed by atoms with Gasteiger partial charge in [-0.3, -0.25) is 4.90 Å². The van der Waals surface area contributed by atoms with Gasteiger partial charge in [-0.15, -0.1) is 0 Å². The molecule has 0 aliphatic carbocycles. The fourth-order valence-corrected chi connectivity index (χ4v) is 0.620. The van der Waals surface area contributed by atoms with E-state index in [4.69, 9.17) is 9.47 Å². The molecule has 0 bridgehead atoms. The number of methoxy groups -OCH3 is 1. The minimum atomic E-state index is -0.375. The van der Waals surface area contributed by atoms with Gasteiger partial charge in [0.05, 0.1) is 0 Å². The van der Waals surface area contributed by atoms with Gasteiger partial charge in [0, 0.05) is 7.11 Å². The molecular weight excluding hydrogens is 106 g/mol. The van der Waals surface area contributed by atoms with E-state index < -0.39 is 0 Å². The quantitative estimate of drug-likeness (QED) is 0.372. The average molecular weight is 117 g/mol. The lowest BCUT2D eigenvalue weighted by Crippen LogP contribution is -2.33. The summed E-state index contributed by atoms with van der Waals surface area (Å²) in [7, 11) is 5.50. The summed E-state index contributed by atoms with van der Waals surface area (Å²) in [5.41, 5.74) is 0. The Morgan fingerprint density at radius 3 is 2.12 bits per heavy atom. The van der Waals surface area contributed by atoms with Crippen molar-refractivity contribution in [1.82, 2.24) is 4.90 Å². The Morgan fingerprint density at radius 2 is 2.12 bits per heavy atom. The second-order valence-electron chi connectivity index (χ2n) is 2.10. The largest absolute Gasteiger partial charge is 0.339 e. The molecule has 1 aliphatic rings. The van der Waals surface area contributed by atoms with E-state index in [9.17, 15) is 0 Å². The van der Waals surface area contributed by atoms with Crippen molar-refractivity contribution in [2.75, 3.05) is 27.8 Å². The van der Waals surface area contributed by atoms with Crippen LogP contribution in [0.3, 0.4) is 0 Å². The molecule has 0 saturated carbocycles. The monoisotopic (exact) mass is 117 g/mol. The van der Waals surface area contributed by atoms with E-state index in [1.54, 1.807) is 7.11 Å². The summed E-state index contributed by atoms with van der Waals surface area (Å²) in [5, 5.41) is 0. The number of hydrogen-bond donors (Lipinski definition) is 0. The standard InChI is InChI=1S/C5H11NO2/c1-6(2)5(7-3)4-8-5/h4H2,1-3H3. The molecule has 0 spiro atoms. The van der Waals surface area contributed by atoms with Crippen molar-refractivity contribution in [3.05, 3.63) is 0 Å². The van der Waals surface area contributed by atoms with Gasteiger partial charge < -0.3 is 9.47 Å². The molecule has 0 N–H and O–H groups in total. The summed E-state index contributed by atoms with van der Waals surface area (Å²) >= 11 is 0. The van der Waals surface area contributed by atoms with Gasteiger partial charge in [-0.2, -0.15) is 0 Å². The maximum Gasteiger partial charge on any atom is 0.254 e. The lowest BCUT2D eigenvalue weighted by atomic mass is 10.6. The third-order valence-electron chi connectivity index (χ3n) is 1.39. The van der Waals surface area contributed by atoms with Gasteiger partial charge in [0.15, 0.2) is 0 Å². The Morgan fingerprint density at radius 1 is 1.62 bits per heavy atom. The summed E-state index contributed by atoms with van der Waals surface area (Å²) in [6.45, 7) is 0.691. The number of hydrogen-bond acceptors (Lipinski definition) is 3. The van der Waals surface area contributed by atoms with Crippen LogP contribution in [0, 0.1) is 0 Å². The second kappa shape index (κ2) is 1.69. The van der Waals surface area contributed by atoms with Crippen molar-refractivity contribution >= 4 is 0 Å². The first-order valence-corrected chi connectivity index (χ1v) is 2.58. The van der Waals surface area contributed by atoms with E-state index in [1.807, 2.05) is 19.0 Å². The number of nitrogens with zero attached hydrogens (tertiary/aromatic N) is 1. The Hall–Kier alpha value is -0.120. The number of epoxide rings is 1. The molecular formula is C5H11NO2. The zero-order chi connectivity index (χ0) is 6.20. The first-order chi connectivity index (χ1) is 3.71. The minimum absolute atomic E-state index is 0.375. The second-order valence-corrected chi connectivity index (χ2v) is 2.10. The third kappa shape index (κ3) is 0.727. The molecule has 1 aliphatic heterocycles. The van der Waals surface area contributed by atoms with Crippen molar-refractivity contribution in [3.8, 4) is 0 Å². The van der Waals surface area contributed by atoms with E-state index in [2.05, 4.69) is 0 Å². The summed E-state index contributed by atoms with van der Waals surface area (Å²) < 4.78 is 10.0. The van der Waals surface area contributed by atoms with E-state index >= 15 is 0 Å². The van der Waals surface area contributed by atoms with Crippen LogP contribution < -0.4 is 0 Å². The number of ether oxygens (including phenoxy) is 2. The van der Waals surface area contributed by atoms with Crippen molar-refractivity contribution in [2.24, 2.45) is 0 Å². The lowest BCUT2D eigenvalue weighted by molar-refractivity contribution is -0.107. The van der Waals surface area contributed by atoms with Crippen LogP contribution in [0.1, 0.15) is 0 Å². The molecule has 0 amide bonds. The molecule has 0 aromatic carbocycles. The first kappa shape index (κ1) is 6.01. The highest BCUT2D eigenvalue weighted by Crippen LogP contribution is 2.28. The summed E-state index contributed by atoms with van der Waals surface area (Å²) in [4.78, 5) is 1.91. The molecule has 1 fully saturated rings. The summed E-state index contributed by atoms with van der Waals surface area (Å²) in [6, 6.07) is 0. The van der Waals surface area contributed by atoms with E-state index in [0.29, 0.717) is 6.61 Å². The fourth-order valence-electron chi connectivity index (χ4n) is 0.620. The lowest BCUT2D eigenvalue weighted by Gasteiger charge is -2.16. The van der Waals surface area contributed by atoms with Gasteiger partial charge >= 0.3 is 0 Å². The zero-order valence-corrected chi connectivity index (χ0v) is 5.47. The van der Waals surface area contributed by atoms with Crippen molar-refractivity contribution in [3.63, 3.8) is 0 Å². The highest BCUT2D eigenvalue weighted by atomic mass is 16.8. The summed E-state index contributed by atoms with van der Waals surface area (Å²) in [6.07, 6.45) is 0. The maximum atomic E-state index is 5.01. The molecule has 1 saturated heterocycles. The molecule has 8 heavy (non-hydrogen) atoms. The molecule has 1 rings (SSSR count). The minimum Gasteiger partial charge on any atom is -0.339 e. The van der Waals surface area contributed by atoms with Crippen molar-refractivity contribution < 1.29 is 9.47 Å². The normalized spacial score (nSPS) is 36.0. The highest BCUT2D eigenvalue weighted by Gasteiger charge is 2.47. The van der Waals surface area contributed by atoms with Crippen LogP contribution in [0.5, 0.6) is 0 Å². The van der Waals surface area contributed by atoms with Gasteiger partial charge in [-0.25, -0.2) is 0 Å². The van der Waals surface area contributed by atoms with E-state index in [-0.39, 0.29) is 5.91 Å². The maximum absolute atomic E-state index is 5.01. The Kier molecular flexibility index (Phi) is 1.27. The SMILES string of the molecule is COC1(N(C)C)CO1. The van der Waals surface area contributed by atoms with Gasteiger partial charge in [-0.1, -0.05) is 0 Å². The third-order valence-corrected chi connectivity index (χ3v) is 1.39. The van der Waals surface area contributed by atoms with Crippen LogP contribution in [-0.2, 0) is 9.47 Å². The first-order valence-electron chi connectivity index (χ1n) is 2.58. The molecule has 0 aromatic rings. The van der Waals surface area contributed by atoms with E-state index in [1.165, 1.54) is 0 Å². The molecule has 1 unspecified atom stereocenters. The predicted octanol–water partition coefficient (Wildman–Crippen LogP) is -0.122. The van der Waals surface area contributed by atoms with Crippen LogP contribution in [0.4, 0.5) is 0 Å². The van der Waals surface area contributed by atoms with Crippen LogP contribution in [0.2, 0.25) is 0 Å². The Bertz CT molecular complexity index is 88.4. The van der Waals surface area contributed by atoms with Crippen LogP contribution in [0.15, 0.2) is 0 Å². The summed E-state index contributed by atoms with van der Waals surface area (Å²) in [5.74, 6) is -0.375. The number of likely N-dealkylation sites (N-methyl/N-ethyl adjacent to an activating group) is 1. The molecule has 3 nitrogen and oxygen atoms in total. The molecule has 0 aromatic heterocycles. The Labute approximate surface area is 49.2 Å². The average Bonchev–Trinajstić information content (AvgIpc) is 2.44.